The highest BCUT2D eigenvalue weighted by Gasteiger charge is 2.03. The van der Waals surface area contributed by atoms with Crippen LogP contribution < -0.4 is 5.32 Å². The Morgan fingerprint density at radius 1 is 1.47 bits per heavy atom. The predicted molar refractivity (Wildman–Crippen MR) is 69.9 cm³/mol. The minimum Gasteiger partial charge on any atom is -0.369 e. The minimum atomic E-state index is 0.493. The molecular weight excluding hydrogens is 212 g/mol. The van der Waals surface area contributed by atoms with Gasteiger partial charge < -0.3 is 10.2 Å². The van der Waals surface area contributed by atoms with Crippen molar-refractivity contribution in [2.45, 2.75) is 26.8 Å². The third-order valence-electron chi connectivity index (χ3n) is 2.86. The average Bonchev–Trinajstić information content (AvgIpc) is 2.31. The summed E-state index contributed by atoms with van der Waals surface area (Å²) in [5.41, 5.74) is 1.41. The molecular formula is C13H20N4. The Labute approximate surface area is 103 Å². The van der Waals surface area contributed by atoms with Gasteiger partial charge in [-0.1, -0.05) is 6.07 Å². The summed E-state index contributed by atoms with van der Waals surface area (Å²) in [5, 5.41) is 12.1. The van der Waals surface area contributed by atoms with Crippen LogP contribution in [-0.4, -0.2) is 36.1 Å². The Bertz CT molecular complexity index is 406. The standard InChI is InChI=1S/C13H20N4/c1-10(2)17(4)8-7-15-13-6-5-11(3)12(9-14)16-13/h5-6,10H,7-8H2,1-4H3,(H,15,16). The Hall–Kier alpha value is -1.60. The summed E-state index contributed by atoms with van der Waals surface area (Å²) >= 11 is 0. The summed E-state index contributed by atoms with van der Waals surface area (Å²) in [6.07, 6.45) is 0. The van der Waals surface area contributed by atoms with Gasteiger partial charge in [-0.2, -0.15) is 5.26 Å². The molecule has 0 aliphatic rings. The molecule has 4 heteroatoms. The summed E-state index contributed by atoms with van der Waals surface area (Å²) in [4.78, 5) is 6.50. The van der Waals surface area contributed by atoms with Gasteiger partial charge in [-0.3, -0.25) is 0 Å². The van der Waals surface area contributed by atoms with Gasteiger partial charge >= 0.3 is 0 Å². The molecule has 1 aromatic heterocycles. The fourth-order valence-electron chi connectivity index (χ4n) is 1.36. The number of nitrogens with zero attached hydrogens (tertiary/aromatic N) is 3. The maximum Gasteiger partial charge on any atom is 0.145 e. The maximum absolute atomic E-state index is 8.88. The lowest BCUT2D eigenvalue weighted by Crippen LogP contribution is -2.31. The second kappa shape index (κ2) is 6.21. The van der Waals surface area contributed by atoms with E-state index in [0.717, 1.165) is 24.5 Å². The highest BCUT2D eigenvalue weighted by Crippen LogP contribution is 2.09. The summed E-state index contributed by atoms with van der Waals surface area (Å²) < 4.78 is 0. The smallest absolute Gasteiger partial charge is 0.145 e. The number of aryl methyl sites for hydroxylation is 1. The lowest BCUT2D eigenvalue weighted by molar-refractivity contribution is 0.284. The molecule has 0 spiro atoms. The summed E-state index contributed by atoms with van der Waals surface area (Å²) in [7, 11) is 2.09. The van der Waals surface area contributed by atoms with Crippen LogP contribution >= 0.6 is 0 Å². The summed E-state index contributed by atoms with van der Waals surface area (Å²) in [6.45, 7) is 8.00. The lowest BCUT2D eigenvalue weighted by atomic mass is 10.2. The molecule has 4 nitrogen and oxygen atoms in total. The van der Waals surface area contributed by atoms with Crippen LogP contribution in [0.1, 0.15) is 25.1 Å². The number of nitriles is 1. The van der Waals surface area contributed by atoms with E-state index in [2.05, 4.69) is 42.2 Å². The zero-order valence-corrected chi connectivity index (χ0v) is 11.0. The minimum absolute atomic E-state index is 0.493. The number of pyridine rings is 1. The largest absolute Gasteiger partial charge is 0.369 e. The van der Waals surface area contributed by atoms with E-state index in [4.69, 9.17) is 5.26 Å². The number of hydrogen-bond donors (Lipinski definition) is 1. The van der Waals surface area contributed by atoms with Crippen LogP contribution in [0.3, 0.4) is 0 Å². The predicted octanol–water partition coefficient (Wildman–Crippen LogP) is 2.01. The molecule has 0 aromatic carbocycles. The van der Waals surface area contributed by atoms with E-state index in [1.807, 2.05) is 19.1 Å². The molecule has 0 radical (unpaired) electrons. The van der Waals surface area contributed by atoms with Crippen LogP contribution in [0, 0.1) is 18.3 Å². The Morgan fingerprint density at radius 2 is 2.18 bits per heavy atom. The highest BCUT2D eigenvalue weighted by molar-refractivity contribution is 5.42. The zero-order chi connectivity index (χ0) is 12.8. The average molecular weight is 232 g/mol. The van der Waals surface area contributed by atoms with Gasteiger partial charge in [0.05, 0.1) is 0 Å². The van der Waals surface area contributed by atoms with Gasteiger partial charge in [-0.25, -0.2) is 4.98 Å². The fraction of sp³-hybridized carbons (Fsp3) is 0.538. The van der Waals surface area contributed by atoms with Crippen LogP contribution in [0.2, 0.25) is 0 Å². The number of rotatable bonds is 5. The first kappa shape index (κ1) is 13.5. The van der Waals surface area contributed by atoms with E-state index >= 15 is 0 Å². The molecule has 1 heterocycles. The molecule has 0 unspecified atom stereocenters. The van der Waals surface area contributed by atoms with E-state index in [9.17, 15) is 0 Å². The van der Waals surface area contributed by atoms with Crippen molar-refractivity contribution in [1.29, 1.82) is 5.26 Å². The summed E-state index contributed by atoms with van der Waals surface area (Å²) in [5.74, 6) is 0.768. The molecule has 0 saturated carbocycles. The lowest BCUT2D eigenvalue weighted by Gasteiger charge is -2.21. The third kappa shape index (κ3) is 4.04. The van der Waals surface area contributed by atoms with Crippen LogP contribution in [0.25, 0.3) is 0 Å². The fourth-order valence-corrected chi connectivity index (χ4v) is 1.36. The van der Waals surface area contributed by atoms with E-state index < -0.39 is 0 Å². The van der Waals surface area contributed by atoms with Crippen molar-refractivity contribution in [2.75, 3.05) is 25.5 Å². The second-order valence-corrected chi connectivity index (χ2v) is 4.47. The quantitative estimate of drug-likeness (QED) is 0.843. The molecule has 92 valence electrons. The van der Waals surface area contributed by atoms with Gasteiger partial charge in [0.2, 0.25) is 0 Å². The van der Waals surface area contributed by atoms with Crippen molar-refractivity contribution >= 4 is 5.82 Å². The van der Waals surface area contributed by atoms with Crippen molar-refractivity contribution in [2.24, 2.45) is 0 Å². The topological polar surface area (TPSA) is 52.0 Å². The molecule has 1 N–H and O–H groups in total. The number of anilines is 1. The maximum atomic E-state index is 8.88. The van der Waals surface area contributed by atoms with E-state index in [0.29, 0.717) is 11.7 Å². The van der Waals surface area contributed by atoms with Crippen molar-refractivity contribution in [1.82, 2.24) is 9.88 Å². The molecule has 0 aliphatic heterocycles. The molecule has 0 saturated heterocycles. The first-order valence-corrected chi connectivity index (χ1v) is 5.86. The first-order chi connectivity index (χ1) is 8.04. The number of aromatic nitrogens is 1. The van der Waals surface area contributed by atoms with Crippen LogP contribution in [0.5, 0.6) is 0 Å². The van der Waals surface area contributed by atoms with Gasteiger partial charge in [-0.15, -0.1) is 0 Å². The third-order valence-corrected chi connectivity index (χ3v) is 2.86. The highest BCUT2D eigenvalue weighted by atomic mass is 15.1. The summed E-state index contributed by atoms with van der Waals surface area (Å²) in [6, 6.07) is 6.46. The van der Waals surface area contributed by atoms with Crippen LogP contribution in [-0.2, 0) is 0 Å². The van der Waals surface area contributed by atoms with Gasteiger partial charge in [0.15, 0.2) is 0 Å². The number of likely N-dealkylation sites (N-methyl/N-ethyl adjacent to an activating group) is 1. The molecule has 0 fully saturated rings. The molecule has 0 aliphatic carbocycles. The van der Waals surface area contributed by atoms with Gasteiger partial charge in [0.1, 0.15) is 17.6 Å². The Morgan fingerprint density at radius 3 is 2.76 bits per heavy atom. The Kier molecular flexibility index (Phi) is 4.92. The van der Waals surface area contributed by atoms with Gasteiger partial charge in [0, 0.05) is 19.1 Å². The molecule has 1 aromatic rings. The molecule has 1 rings (SSSR count). The number of nitrogens with one attached hydrogen (secondary N) is 1. The van der Waals surface area contributed by atoms with E-state index in [1.54, 1.807) is 0 Å². The van der Waals surface area contributed by atoms with Crippen molar-refractivity contribution in [3.63, 3.8) is 0 Å². The zero-order valence-electron chi connectivity index (χ0n) is 11.0. The molecule has 17 heavy (non-hydrogen) atoms. The van der Waals surface area contributed by atoms with Crippen molar-refractivity contribution < 1.29 is 0 Å². The monoisotopic (exact) mass is 232 g/mol. The normalized spacial score (nSPS) is 10.6. The van der Waals surface area contributed by atoms with E-state index in [1.165, 1.54) is 0 Å². The molecule has 0 bridgehead atoms. The first-order valence-electron chi connectivity index (χ1n) is 5.86. The van der Waals surface area contributed by atoms with Crippen molar-refractivity contribution in [3.05, 3.63) is 23.4 Å². The van der Waals surface area contributed by atoms with Crippen LogP contribution in [0.4, 0.5) is 5.82 Å². The molecule has 0 atom stereocenters. The van der Waals surface area contributed by atoms with Gasteiger partial charge in [0.25, 0.3) is 0 Å². The number of hydrogen-bond acceptors (Lipinski definition) is 4. The SMILES string of the molecule is Cc1ccc(NCCN(C)C(C)C)nc1C#N. The Balaban J connectivity index is 2.51. The second-order valence-electron chi connectivity index (χ2n) is 4.47. The van der Waals surface area contributed by atoms with Crippen molar-refractivity contribution in [3.8, 4) is 6.07 Å². The van der Waals surface area contributed by atoms with Gasteiger partial charge in [-0.05, 0) is 39.4 Å². The van der Waals surface area contributed by atoms with Crippen LogP contribution in [0.15, 0.2) is 12.1 Å². The molecule has 0 amide bonds. The van der Waals surface area contributed by atoms with E-state index in [-0.39, 0.29) is 0 Å².